The zero-order valence-corrected chi connectivity index (χ0v) is 5.20. The summed E-state index contributed by atoms with van der Waals surface area (Å²) in [4.78, 5) is 9.94. The fourth-order valence-corrected chi connectivity index (χ4v) is 0. The minimum absolute atomic E-state index is 0. The van der Waals surface area contributed by atoms with Crippen LogP contribution in [0.15, 0.2) is 0 Å². The maximum atomic E-state index is 9.94. The van der Waals surface area contributed by atoms with Crippen molar-refractivity contribution in [1.29, 1.82) is 0 Å². The molecule has 0 amide bonds. The number of rotatable bonds is 1. The van der Waals surface area contributed by atoms with Crippen molar-refractivity contribution in [2.75, 3.05) is 0 Å². The quantitative estimate of drug-likeness (QED) is 0.405. The van der Waals surface area contributed by atoms with Crippen LogP contribution >= 0.6 is 12.6 Å². The number of carbonyl (C=O) groups is 1. The van der Waals surface area contributed by atoms with Crippen molar-refractivity contribution in [3.63, 3.8) is 0 Å². The van der Waals surface area contributed by atoms with Crippen molar-refractivity contribution in [3.8, 4) is 0 Å². The van der Waals surface area contributed by atoms with Gasteiger partial charge in [0, 0.05) is 0 Å². The predicted molar refractivity (Wildman–Crippen MR) is 37.8 cm³/mol. The molecule has 0 heterocycles. The van der Waals surface area contributed by atoms with Crippen LogP contribution in [-0.2, 0) is 4.79 Å². The first-order valence-corrected chi connectivity index (χ1v) is 2.35. The molecule has 0 radical (unpaired) electrons. The first-order chi connectivity index (χ1) is 2.94. The van der Waals surface area contributed by atoms with Crippen molar-refractivity contribution in [2.24, 2.45) is 0 Å². The van der Waals surface area contributed by atoms with Crippen LogP contribution in [0.1, 0.15) is 13.8 Å². The van der Waals surface area contributed by atoms with Crippen molar-refractivity contribution in [1.82, 2.24) is 0 Å². The SMILES string of the molecule is CC(C)(S)C(=O)O.[NaH]. The molecular formula is C4H9NaO2S. The number of hydrogen-bond donors (Lipinski definition) is 2. The summed E-state index contributed by atoms with van der Waals surface area (Å²) in [5.41, 5.74) is 0. The van der Waals surface area contributed by atoms with Crippen LogP contribution in [0, 0.1) is 0 Å². The molecule has 8 heavy (non-hydrogen) atoms. The van der Waals surface area contributed by atoms with Gasteiger partial charge in [-0.1, -0.05) is 0 Å². The van der Waals surface area contributed by atoms with E-state index < -0.39 is 10.7 Å². The molecular weight excluding hydrogens is 135 g/mol. The molecule has 0 aliphatic carbocycles. The summed E-state index contributed by atoms with van der Waals surface area (Å²) < 4.78 is -0.889. The molecule has 0 bridgehead atoms. The molecule has 0 rings (SSSR count). The molecule has 0 spiro atoms. The Labute approximate surface area is 76.4 Å². The van der Waals surface area contributed by atoms with Crippen LogP contribution in [0.5, 0.6) is 0 Å². The van der Waals surface area contributed by atoms with E-state index in [1.807, 2.05) is 0 Å². The number of aliphatic carboxylic acids is 1. The van der Waals surface area contributed by atoms with E-state index in [1.54, 1.807) is 0 Å². The van der Waals surface area contributed by atoms with Crippen molar-refractivity contribution in [3.05, 3.63) is 0 Å². The van der Waals surface area contributed by atoms with Crippen molar-refractivity contribution >= 4 is 48.2 Å². The molecule has 44 valence electrons. The Hall–Kier alpha value is 0.820. The number of hydrogen-bond acceptors (Lipinski definition) is 2. The van der Waals surface area contributed by atoms with E-state index in [4.69, 9.17) is 5.11 Å². The van der Waals surface area contributed by atoms with Gasteiger partial charge in [0.1, 0.15) is 4.75 Å². The van der Waals surface area contributed by atoms with Gasteiger partial charge in [-0.2, -0.15) is 12.6 Å². The molecule has 0 aromatic carbocycles. The molecule has 0 unspecified atom stereocenters. The van der Waals surface area contributed by atoms with E-state index in [-0.39, 0.29) is 29.6 Å². The van der Waals surface area contributed by atoms with Gasteiger partial charge in [0.2, 0.25) is 0 Å². The topological polar surface area (TPSA) is 37.3 Å². The molecule has 0 fully saturated rings. The van der Waals surface area contributed by atoms with Gasteiger partial charge in [-0.15, -0.1) is 0 Å². The Bertz CT molecular complexity index is 86.5. The second-order valence-corrected chi connectivity index (χ2v) is 2.98. The van der Waals surface area contributed by atoms with Crippen LogP contribution in [0.2, 0.25) is 0 Å². The third-order valence-electron chi connectivity index (χ3n) is 0.523. The second kappa shape index (κ2) is 3.77. The Kier molecular flexibility index (Phi) is 5.47. The minimum atomic E-state index is -0.893. The van der Waals surface area contributed by atoms with Gasteiger partial charge < -0.3 is 5.11 Å². The fraction of sp³-hybridized carbons (Fsp3) is 0.750. The van der Waals surface area contributed by atoms with Gasteiger partial charge in [0.25, 0.3) is 0 Å². The van der Waals surface area contributed by atoms with Gasteiger partial charge in [-0.05, 0) is 13.8 Å². The third kappa shape index (κ3) is 4.97. The van der Waals surface area contributed by atoms with Crippen molar-refractivity contribution < 1.29 is 9.90 Å². The van der Waals surface area contributed by atoms with Gasteiger partial charge in [0.05, 0.1) is 0 Å². The third-order valence-corrected chi connectivity index (χ3v) is 0.715. The molecule has 0 atom stereocenters. The summed E-state index contributed by atoms with van der Waals surface area (Å²) in [6.07, 6.45) is 0. The average molecular weight is 144 g/mol. The van der Waals surface area contributed by atoms with Crippen LogP contribution in [0.25, 0.3) is 0 Å². The summed E-state index contributed by atoms with van der Waals surface area (Å²) in [6.45, 7) is 3.05. The van der Waals surface area contributed by atoms with Crippen LogP contribution in [0.4, 0.5) is 0 Å². The molecule has 2 nitrogen and oxygen atoms in total. The molecule has 0 saturated heterocycles. The number of carboxylic acid groups (broad SMARTS) is 1. The summed E-state index contributed by atoms with van der Waals surface area (Å²) in [7, 11) is 0. The van der Waals surface area contributed by atoms with E-state index in [0.717, 1.165) is 0 Å². The molecule has 0 aromatic rings. The van der Waals surface area contributed by atoms with Crippen LogP contribution in [0.3, 0.4) is 0 Å². The number of thiol groups is 1. The Morgan fingerprint density at radius 3 is 1.75 bits per heavy atom. The number of carboxylic acids is 1. The predicted octanol–water partition coefficient (Wildman–Crippen LogP) is 0.131. The van der Waals surface area contributed by atoms with E-state index >= 15 is 0 Å². The van der Waals surface area contributed by atoms with Crippen molar-refractivity contribution in [2.45, 2.75) is 18.6 Å². The molecule has 1 N–H and O–H groups in total. The fourth-order valence-electron chi connectivity index (χ4n) is 0. The van der Waals surface area contributed by atoms with Gasteiger partial charge in [0.15, 0.2) is 0 Å². The zero-order valence-electron chi connectivity index (χ0n) is 4.30. The molecule has 0 saturated carbocycles. The van der Waals surface area contributed by atoms with Gasteiger partial charge in [-0.3, -0.25) is 4.79 Å². The summed E-state index contributed by atoms with van der Waals surface area (Å²) in [5.74, 6) is -0.893. The average Bonchev–Trinajstić information content (AvgIpc) is 1.31. The monoisotopic (exact) mass is 144 g/mol. The Morgan fingerprint density at radius 1 is 1.62 bits per heavy atom. The van der Waals surface area contributed by atoms with E-state index in [2.05, 4.69) is 12.6 Å². The van der Waals surface area contributed by atoms with E-state index in [1.165, 1.54) is 13.8 Å². The molecule has 4 heteroatoms. The normalized spacial score (nSPS) is 9.88. The van der Waals surface area contributed by atoms with Crippen LogP contribution < -0.4 is 0 Å². The first kappa shape index (κ1) is 11.6. The molecule has 0 aliphatic heterocycles. The Morgan fingerprint density at radius 2 is 1.75 bits per heavy atom. The molecule has 0 aromatic heterocycles. The standard InChI is InChI=1S/C4H8O2S.Na.H/c1-4(2,7)3(5)6;;/h7H,1-2H3,(H,5,6);;. The molecule has 0 aliphatic rings. The van der Waals surface area contributed by atoms with E-state index in [0.29, 0.717) is 0 Å². The zero-order chi connectivity index (χ0) is 6.08. The summed E-state index contributed by atoms with van der Waals surface area (Å²) in [5, 5.41) is 8.17. The summed E-state index contributed by atoms with van der Waals surface area (Å²) >= 11 is 3.75. The van der Waals surface area contributed by atoms with Gasteiger partial charge >= 0.3 is 35.5 Å². The summed E-state index contributed by atoms with van der Waals surface area (Å²) in [6, 6.07) is 0. The second-order valence-electron chi connectivity index (χ2n) is 1.86. The van der Waals surface area contributed by atoms with Gasteiger partial charge in [-0.25, -0.2) is 0 Å². The van der Waals surface area contributed by atoms with E-state index in [9.17, 15) is 4.79 Å². The Balaban J connectivity index is 0. The van der Waals surface area contributed by atoms with Crippen LogP contribution in [-0.4, -0.2) is 45.4 Å². The maximum absolute atomic E-state index is 9.94. The first-order valence-electron chi connectivity index (χ1n) is 1.90.